The predicted octanol–water partition coefficient (Wildman–Crippen LogP) is 2.93. The van der Waals surface area contributed by atoms with Gasteiger partial charge in [-0.25, -0.2) is 13.2 Å². The highest BCUT2D eigenvalue weighted by Gasteiger charge is 2.08. The summed E-state index contributed by atoms with van der Waals surface area (Å²) >= 11 is 0. The largest absolute Gasteiger partial charge is 0.458 e. The topological polar surface area (TPSA) is 72.5 Å². The molecule has 0 heterocycles. The fraction of sp³-hybridized carbons (Fsp3) is 0.118. The third-order valence-electron chi connectivity index (χ3n) is 2.82. The van der Waals surface area contributed by atoms with Gasteiger partial charge in [-0.3, -0.25) is 4.72 Å². The summed E-state index contributed by atoms with van der Waals surface area (Å²) in [4.78, 5) is 11.9. The number of benzene rings is 2. The van der Waals surface area contributed by atoms with Crippen molar-refractivity contribution in [3.63, 3.8) is 0 Å². The lowest BCUT2D eigenvalue weighted by Crippen LogP contribution is -2.11. The highest BCUT2D eigenvalue weighted by atomic mass is 32.2. The summed E-state index contributed by atoms with van der Waals surface area (Å²) in [7, 11) is -3.38. The van der Waals surface area contributed by atoms with E-state index >= 15 is 0 Å². The van der Waals surface area contributed by atoms with Crippen LogP contribution >= 0.6 is 0 Å². The van der Waals surface area contributed by atoms with Crippen LogP contribution in [0, 0.1) is 0 Å². The molecule has 0 unspecified atom stereocenters. The maximum absolute atomic E-state index is 11.9. The summed E-state index contributed by atoms with van der Waals surface area (Å²) in [6, 6.07) is 15.8. The van der Waals surface area contributed by atoms with Gasteiger partial charge >= 0.3 is 5.97 Å². The van der Waals surface area contributed by atoms with Crippen molar-refractivity contribution >= 4 is 27.8 Å². The van der Waals surface area contributed by atoms with Crippen LogP contribution in [0.5, 0.6) is 0 Å². The first-order valence-corrected chi connectivity index (χ1v) is 8.80. The Kier molecular flexibility index (Phi) is 5.54. The summed E-state index contributed by atoms with van der Waals surface area (Å²) in [5.41, 5.74) is 1.62. The van der Waals surface area contributed by atoms with Crippen LogP contribution in [-0.4, -0.2) is 27.2 Å². The van der Waals surface area contributed by atoms with E-state index in [0.29, 0.717) is 5.69 Å². The average molecular weight is 331 g/mol. The van der Waals surface area contributed by atoms with Gasteiger partial charge in [-0.1, -0.05) is 42.5 Å². The van der Waals surface area contributed by atoms with E-state index in [2.05, 4.69) is 4.72 Å². The molecule has 5 nitrogen and oxygen atoms in total. The summed E-state index contributed by atoms with van der Waals surface area (Å²) in [6.07, 6.45) is 4.65. The first-order chi connectivity index (χ1) is 10.9. The van der Waals surface area contributed by atoms with Crippen molar-refractivity contribution in [1.29, 1.82) is 0 Å². The molecule has 0 aliphatic rings. The Morgan fingerprint density at radius 1 is 1.13 bits per heavy atom. The van der Waals surface area contributed by atoms with Gasteiger partial charge in [-0.15, -0.1) is 0 Å². The van der Waals surface area contributed by atoms with Crippen LogP contribution in [0.4, 0.5) is 5.69 Å². The van der Waals surface area contributed by atoms with Crippen molar-refractivity contribution in [2.75, 3.05) is 17.6 Å². The molecule has 1 N–H and O–H groups in total. The molecule has 0 spiro atoms. The zero-order valence-electron chi connectivity index (χ0n) is 12.6. The van der Waals surface area contributed by atoms with E-state index in [-0.39, 0.29) is 12.2 Å². The molecule has 0 aromatic heterocycles. The van der Waals surface area contributed by atoms with Gasteiger partial charge < -0.3 is 4.74 Å². The molecule has 0 aliphatic carbocycles. The van der Waals surface area contributed by atoms with Gasteiger partial charge in [-0.05, 0) is 29.8 Å². The Morgan fingerprint density at radius 2 is 1.87 bits per heavy atom. The molecule has 6 heteroatoms. The van der Waals surface area contributed by atoms with E-state index in [4.69, 9.17) is 4.74 Å². The number of hydrogen-bond acceptors (Lipinski definition) is 4. The minimum atomic E-state index is -3.38. The van der Waals surface area contributed by atoms with Crippen LogP contribution in [0.2, 0.25) is 0 Å². The Balaban J connectivity index is 1.93. The molecule has 0 radical (unpaired) electrons. The molecule has 120 valence electrons. The van der Waals surface area contributed by atoms with E-state index in [1.807, 2.05) is 36.4 Å². The summed E-state index contributed by atoms with van der Waals surface area (Å²) in [5.74, 6) is -0.514. The molecule has 0 saturated heterocycles. The second kappa shape index (κ2) is 7.60. The molecule has 23 heavy (non-hydrogen) atoms. The standard InChI is InChI=1S/C17H17NO4S/c1-23(20,21)18-16-11-5-10-15(13-16)17(19)22-12-6-9-14-7-3-2-4-8-14/h2-11,13,18H,12H2,1H3/b9-6-. The highest BCUT2D eigenvalue weighted by Crippen LogP contribution is 2.13. The minimum Gasteiger partial charge on any atom is -0.458 e. The monoisotopic (exact) mass is 331 g/mol. The lowest BCUT2D eigenvalue weighted by atomic mass is 10.2. The van der Waals surface area contributed by atoms with Crippen LogP contribution < -0.4 is 4.72 Å². The molecule has 0 atom stereocenters. The molecule has 2 aromatic carbocycles. The minimum absolute atomic E-state index is 0.136. The van der Waals surface area contributed by atoms with Gasteiger partial charge in [0.25, 0.3) is 0 Å². The summed E-state index contributed by atoms with van der Waals surface area (Å²) in [5, 5.41) is 0. The fourth-order valence-corrected chi connectivity index (χ4v) is 2.43. The van der Waals surface area contributed by atoms with Gasteiger partial charge in [0.05, 0.1) is 11.8 Å². The summed E-state index contributed by atoms with van der Waals surface area (Å²) < 4.78 is 29.8. The SMILES string of the molecule is CS(=O)(=O)Nc1cccc(C(=O)OC/C=C\c2ccccc2)c1. The normalized spacial score (nSPS) is 11.3. The molecule has 0 fully saturated rings. The number of ether oxygens (including phenoxy) is 1. The van der Waals surface area contributed by atoms with Gasteiger partial charge in [0.1, 0.15) is 6.61 Å². The van der Waals surface area contributed by atoms with Crippen LogP contribution in [0.25, 0.3) is 6.08 Å². The van der Waals surface area contributed by atoms with Crippen molar-refractivity contribution in [1.82, 2.24) is 0 Å². The first-order valence-electron chi connectivity index (χ1n) is 6.90. The van der Waals surface area contributed by atoms with Crippen LogP contribution in [0.1, 0.15) is 15.9 Å². The van der Waals surface area contributed by atoms with Crippen molar-refractivity contribution in [2.45, 2.75) is 0 Å². The second-order valence-corrected chi connectivity index (χ2v) is 6.62. The third-order valence-corrected chi connectivity index (χ3v) is 3.43. The lowest BCUT2D eigenvalue weighted by molar-refractivity contribution is 0.0550. The zero-order valence-corrected chi connectivity index (χ0v) is 13.4. The fourth-order valence-electron chi connectivity index (χ4n) is 1.88. The maximum Gasteiger partial charge on any atom is 0.338 e. The number of rotatable bonds is 6. The molecule has 0 aliphatic heterocycles. The van der Waals surface area contributed by atoms with Crippen molar-refractivity contribution in [3.05, 3.63) is 71.8 Å². The van der Waals surface area contributed by atoms with Gasteiger partial charge in [-0.2, -0.15) is 0 Å². The van der Waals surface area contributed by atoms with Crippen LogP contribution in [-0.2, 0) is 14.8 Å². The van der Waals surface area contributed by atoms with Crippen molar-refractivity contribution in [3.8, 4) is 0 Å². The summed E-state index contributed by atoms with van der Waals surface area (Å²) in [6.45, 7) is 0.136. The quantitative estimate of drug-likeness (QED) is 0.826. The molecule has 0 saturated carbocycles. The highest BCUT2D eigenvalue weighted by molar-refractivity contribution is 7.92. The molecule has 2 aromatic rings. The number of carbonyl (C=O) groups excluding carboxylic acids is 1. The molecule has 0 bridgehead atoms. The Hall–Kier alpha value is -2.60. The van der Waals surface area contributed by atoms with Crippen LogP contribution in [0.3, 0.4) is 0 Å². The first kappa shape index (κ1) is 16.8. The number of anilines is 1. The van der Waals surface area contributed by atoms with Gasteiger partial charge in [0.15, 0.2) is 0 Å². The Morgan fingerprint density at radius 3 is 2.57 bits per heavy atom. The third kappa shape index (κ3) is 5.96. The van der Waals surface area contributed by atoms with E-state index < -0.39 is 16.0 Å². The number of sulfonamides is 1. The predicted molar refractivity (Wildman–Crippen MR) is 90.7 cm³/mol. The number of esters is 1. The molecule has 2 rings (SSSR count). The van der Waals surface area contributed by atoms with Crippen molar-refractivity contribution < 1.29 is 17.9 Å². The second-order valence-electron chi connectivity index (χ2n) is 4.87. The average Bonchev–Trinajstić information content (AvgIpc) is 2.51. The Labute approximate surface area is 135 Å². The smallest absolute Gasteiger partial charge is 0.338 e. The number of hydrogen-bond donors (Lipinski definition) is 1. The van der Waals surface area contributed by atoms with E-state index in [1.165, 1.54) is 6.07 Å². The van der Waals surface area contributed by atoms with Crippen molar-refractivity contribution in [2.24, 2.45) is 0 Å². The maximum atomic E-state index is 11.9. The Bertz CT molecular complexity index is 798. The molecule has 0 amide bonds. The zero-order chi connectivity index (χ0) is 16.7. The van der Waals surface area contributed by atoms with E-state index in [0.717, 1.165) is 11.8 Å². The van der Waals surface area contributed by atoms with E-state index in [9.17, 15) is 13.2 Å². The molecular weight excluding hydrogens is 314 g/mol. The van der Waals surface area contributed by atoms with Gasteiger partial charge in [0, 0.05) is 5.69 Å². The number of carbonyl (C=O) groups is 1. The van der Waals surface area contributed by atoms with Crippen LogP contribution in [0.15, 0.2) is 60.7 Å². The molecular formula is C17H17NO4S. The lowest BCUT2D eigenvalue weighted by Gasteiger charge is -2.06. The van der Waals surface area contributed by atoms with Gasteiger partial charge in [0.2, 0.25) is 10.0 Å². The van der Waals surface area contributed by atoms with E-state index in [1.54, 1.807) is 24.3 Å². The number of nitrogens with one attached hydrogen (secondary N) is 1.